The fourth-order valence-electron chi connectivity index (χ4n) is 2.23. The van der Waals surface area contributed by atoms with E-state index in [-0.39, 0.29) is 16.7 Å². The van der Waals surface area contributed by atoms with Crippen LogP contribution in [0, 0.1) is 10.1 Å². The van der Waals surface area contributed by atoms with Crippen molar-refractivity contribution in [2.75, 3.05) is 11.4 Å². The highest BCUT2D eigenvalue weighted by atomic mass is 35.5. The van der Waals surface area contributed by atoms with Crippen molar-refractivity contribution < 1.29 is 4.92 Å². The fraction of sp³-hybridized carbons (Fsp3) is 0.600. The van der Waals surface area contributed by atoms with Crippen molar-refractivity contribution in [3.8, 4) is 0 Å². The summed E-state index contributed by atoms with van der Waals surface area (Å²) in [5.41, 5.74) is 1.61. The molecule has 0 aliphatic rings. The van der Waals surface area contributed by atoms with E-state index in [1.54, 1.807) is 6.07 Å². The van der Waals surface area contributed by atoms with Gasteiger partial charge in [-0.25, -0.2) is 0 Å². The van der Waals surface area contributed by atoms with E-state index in [1.807, 2.05) is 12.1 Å². The minimum atomic E-state index is -0.319. The molecule has 20 heavy (non-hydrogen) atoms. The summed E-state index contributed by atoms with van der Waals surface area (Å²) >= 11 is 5.76. The molecule has 0 N–H and O–H groups in total. The lowest BCUT2D eigenvalue weighted by Gasteiger charge is -2.28. The van der Waals surface area contributed by atoms with Crippen LogP contribution in [0.2, 0.25) is 0 Å². The number of unbranched alkanes of at least 4 members (excludes halogenated alkanes) is 2. The number of hydrogen-bond acceptors (Lipinski definition) is 3. The fourth-order valence-corrected chi connectivity index (χ4v) is 2.40. The standard InChI is InChI=1S/C15H23ClN2O2/c1-4-5-6-9-17(12(2)3)14-8-7-13(11-16)10-15(14)18(19)20/h7-8,10,12H,4-6,9,11H2,1-3H3. The van der Waals surface area contributed by atoms with Gasteiger partial charge in [0.2, 0.25) is 0 Å². The Morgan fingerprint density at radius 2 is 2.05 bits per heavy atom. The molecule has 0 fully saturated rings. The third-order valence-electron chi connectivity index (χ3n) is 3.33. The summed E-state index contributed by atoms with van der Waals surface area (Å²) in [7, 11) is 0. The number of benzene rings is 1. The maximum atomic E-state index is 11.3. The number of alkyl halides is 1. The molecule has 1 aromatic rings. The quantitative estimate of drug-likeness (QED) is 0.301. The Morgan fingerprint density at radius 3 is 2.55 bits per heavy atom. The second-order valence-corrected chi connectivity index (χ2v) is 5.48. The first kappa shape index (κ1) is 16.8. The number of nitro benzene ring substituents is 1. The second kappa shape index (κ2) is 8.10. The van der Waals surface area contributed by atoms with Gasteiger partial charge < -0.3 is 4.90 Å². The Morgan fingerprint density at radius 1 is 1.35 bits per heavy atom. The molecule has 0 saturated heterocycles. The summed E-state index contributed by atoms with van der Waals surface area (Å²) in [5.74, 6) is 0.290. The van der Waals surface area contributed by atoms with E-state index in [0.717, 1.165) is 31.4 Å². The number of anilines is 1. The Bertz CT molecular complexity index is 449. The van der Waals surface area contributed by atoms with Crippen molar-refractivity contribution in [3.63, 3.8) is 0 Å². The molecule has 0 spiro atoms. The minimum Gasteiger partial charge on any atom is -0.364 e. The first-order chi connectivity index (χ1) is 9.51. The van der Waals surface area contributed by atoms with Crippen LogP contribution in [0.5, 0.6) is 0 Å². The molecule has 0 aliphatic carbocycles. The highest BCUT2D eigenvalue weighted by Crippen LogP contribution is 2.31. The zero-order chi connectivity index (χ0) is 15.1. The van der Waals surface area contributed by atoms with E-state index < -0.39 is 0 Å². The third-order valence-corrected chi connectivity index (χ3v) is 3.63. The average Bonchev–Trinajstić information content (AvgIpc) is 2.42. The van der Waals surface area contributed by atoms with Gasteiger partial charge in [-0.15, -0.1) is 11.6 Å². The van der Waals surface area contributed by atoms with Crippen LogP contribution in [-0.4, -0.2) is 17.5 Å². The van der Waals surface area contributed by atoms with Gasteiger partial charge in [0.15, 0.2) is 0 Å². The molecule has 5 heteroatoms. The third kappa shape index (κ3) is 4.37. The Balaban J connectivity index is 3.08. The molecule has 0 unspecified atom stereocenters. The van der Waals surface area contributed by atoms with Crippen LogP contribution < -0.4 is 4.90 Å². The summed E-state index contributed by atoms with van der Waals surface area (Å²) in [6.45, 7) is 7.11. The van der Waals surface area contributed by atoms with Crippen LogP contribution in [0.3, 0.4) is 0 Å². The molecule has 0 aliphatic heterocycles. The molecule has 0 saturated carbocycles. The van der Waals surface area contributed by atoms with Crippen LogP contribution in [-0.2, 0) is 5.88 Å². The van der Waals surface area contributed by atoms with Gasteiger partial charge in [-0.05, 0) is 31.9 Å². The zero-order valence-corrected chi connectivity index (χ0v) is 13.2. The van der Waals surface area contributed by atoms with Crippen molar-refractivity contribution in [2.45, 2.75) is 52.0 Å². The summed E-state index contributed by atoms with van der Waals surface area (Å²) in [4.78, 5) is 13.1. The van der Waals surface area contributed by atoms with Crippen LogP contribution >= 0.6 is 11.6 Å². The Hall–Kier alpha value is -1.29. The van der Waals surface area contributed by atoms with Gasteiger partial charge in [-0.3, -0.25) is 10.1 Å². The first-order valence-corrected chi connectivity index (χ1v) is 7.64. The van der Waals surface area contributed by atoms with Gasteiger partial charge in [-0.1, -0.05) is 25.8 Å². The first-order valence-electron chi connectivity index (χ1n) is 7.11. The van der Waals surface area contributed by atoms with Gasteiger partial charge in [0, 0.05) is 24.5 Å². The van der Waals surface area contributed by atoms with Crippen LogP contribution in [0.1, 0.15) is 45.6 Å². The van der Waals surface area contributed by atoms with E-state index in [0.29, 0.717) is 11.6 Å². The number of halogens is 1. The van der Waals surface area contributed by atoms with E-state index in [9.17, 15) is 10.1 Å². The lowest BCUT2D eigenvalue weighted by molar-refractivity contribution is -0.384. The lowest BCUT2D eigenvalue weighted by atomic mass is 10.1. The molecule has 1 aromatic carbocycles. The molecular weight excluding hydrogens is 276 g/mol. The largest absolute Gasteiger partial charge is 0.364 e. The van der Waals surface area contributed by atoms with E-state index in [1.165, 1.54) is 0 Å². The molecule has 112 valence electrons. The number of rotatable bonds is 8. The highest BCUT2D eigenvalue weighted by Gasteiger charge is 2.21. The SMILES string of the molecule is CCCCCN(c1ccc(CCl)cc1[N+](=O)[O-])C(C)C. The van der Waals surface area contributed by atoms with Crippen molar-refractivity contribution in [1.82, 2.24) is 0 Å². The van der Waals surface area contributed by atoms with Crippen molar-refractivity contribution >= 4 is 23.0 Å². The molecule has 0 atom stereocenters. The zero-order valence-electron chi connectivity index (χ0n) is 12.4. The lowest BCUT2D eigenvalue weighted by Crippen LogP contribution is -2.32. The van der Waals surface area contributed by atoms with Gasteiger partial charge in [-0.2, -0.15) is 0 Å². The second-order valence-electron chi connectivity index (χ2n) is 5.21. The minimum absolute atomic E-state index is 0.147. The smallest absolute Gasteiger partial charge is 0.292 e. The van der Waals surface area contributed by atoms with Gasteiger partial charge in [0.05, 0.1) is 4.92 Å². The van der Waals surface area contributed by atoms with Crippen LogP contribution in [0.15, 0.2) is 18.2 Å². The van der Waals surface area contributed by atoms with Crippen molar-refractivity contribution in [3.05, 3.63) is 33.9 Å². The van der Waals surface area contributed by atoms with Crippen LogP contribution in [0.4, 0.5) is 11.4 Å². The number of hydrogen-bond donors (Lipinski definition) is 0. The van der Waals surface area contributed by atoms with E-state index in [4.69, 9.17) is 11.6 Å². The maximum Gasteiger partial charge on any atom is 0.292 e. The summed E-state index contributed by atoms with van der Waals surface area (Å²) < 4.78 is 0. The van der Waals surface area contributed by atoms with Crippen molar-refractivity contribution in [1.29, 1.82) is 0 Å². The molecule has 0 radical (unpaired) electrons. The van der Waals surface area contributed by atoms with E-state index >= 15 is 0 Å². The van der Waals surface area contributed by atoms with Gasteiger partial charge in [0.1, 0.15) is 5.69 Å². The van der Waals surface area contributed by atoms with Gasteiger partial charge in [0.25, 0.3) is 5.69 Å². The van der Waals surface area contributed by atoms with E-state index in [2.05, 4.69) is 25.7 Å². The Kier molecular flexibility index (Phi) is 6.79. The summed E-state index contributed by atoms with van der Waals surface area (Å²) in [6.07, 6.45) is 3.32. The summed E-state index contributed by atoms with van der Waals surface area (Å²) in [6, 6.07) is 5.50. The van der Waals surface area contributed by atoms with Gasteiger partial charge >= 0.3 is 0 Å². The monoisotopic (exact) mass is 298 g/mol. The average molecular weight is 299 g/mol. The molecule has 0 bridgehead atoms. The topological polar surface area (TPSA) is 46.4 Å². The molecule has 4 nitrogen and oxygen atoms in total. The molecule has 0 aromatic heterocycles. The molecule has 0 heterocycles. The molecule has 0 amide bonds. The summed E-state index contributed by atoms with van der Waals surface area (Å²) in [5, 5.41) is 11.3. The normalized spacial score (nSPS) is 10.8. The Labute approximate surface area is 125 Å². The predicted molar refractivity (Wildman–Crippen MR) is 84.7 cm³/mol. The number of nitrogens with zero attached hydrogens (tertiary/aromatic N) is 2. The number of nitro groups is 1. The molecule has 1 rings (SSSR count). The molecular formula is C15H23ClN2O2. The highest BCUT2D eigenvalue weighted by molar-refractivity contribution is 6.17. The maximum absolute atomic E-state index is 11.3. The van der Waals surface area contributed by atoms with Crippen LogP contribution in [0.25, 0.3) is 0 Å². The van der Waals surface area contributed by atoms with Crippen molar-refractivity contribution in [2.24, 2.45) is 0 Å². The predicted octanol–water partition coefficient (Wildman–Crippen LogP) is 4.74.